The monoisotopic (exact) mass is 382 g/mol. The highest BCUT2D eigenvalue weighted by Gasteiger charge is 2.36. The second kappa shape index (κ2) is 5.62. The van der Waals surface area contributed by atoms with Crippen LogP contribution in [0.2, 0.25) is 0 Å². The Kier molecular flexibility index (Phi) is 4.36. The summed E-state index contributed by atoms with van der Waals surface area (Å²) in [6.45, 7) is 1.97. The molecule has 21 heavy (non-hydrogen) atoms. The Balaban J connectivity index is 2.61. The number of halogens is 3. The first-order chi connectivity index (χ1) is 9.68. The van der Waals surface area contributed by atoms with E-state index in [0.717, 1.165) is 18.9 Å². The summed E-state index contributed by atoms with van der Waals surface area (Å²) in [5.74, 6) is -3.46. The van der Waals surface area contributed by atoms with E-state index in [-0.39, 0.29) is 17.1 Å². The zero-order chi connectivity index (χ0) is 15.9. The molecule has 0 bridgehead atoms. The summed E-state index contributed by atoms with van der Waals surface area (Å²) in [5.41, 5.74) is -0.893. The van der Waals surface area contributed by atoms with E-state index in [2.05, 4.69) is 15.9 Å². The van der Waals surface area contributed by atoms with E-state index >= 15 is 0 Å². The van der Waals surface area contributed by atoms with Gasteiger partial charge in [-0.15, -0.1) is 0 Å². The summed E-state index contributed by atoms with van der Waals surface area (Å²) in [5, 5.41) is 4.91. The lowest BCUT2D eigenvalue weighted by molar-refractivity contribution is 0.0742. The molecule has 1 aliphatic rings. The first-order valence-corrected chi connectivity index (χ1v) is 8.53. The minimum atomic E-state index is -4.43. The summed E-state index contributed by atoms with van der Waals surface area (Å²) in [6.07, 6.45) is 1.53. The van der Waals surface area contributed by atoms with Gasteiger partial charge in [0, 0.05) is 17.1 Å². The van der Waals surface area contributed by atoms with Crippen molar-refractivity contribution in [2.75, 3.05) is 6.54 Å². The highest BCUT2D eigenvalue weighted by molar-refractivity contribution is 9.10. The Morgan fingerprint density at radius 2 is 2.05 bits per heavy atom. The van der Waals surface area contributed by atoms with Crippen LogP contribution in [0.4, 0.5) is 8.78 Å². The molecule has 0 aliphatic heterocycles. The molecule has 5 nitrogen and oxygen atoms in total. The molecule has 0 heterocycles. The fourth-order valence-electron chi connectivity index (χ4n) is 2.13. The van der Waals surface area contributed by atoms with Crippen LogP contribution < -0.4 is 5.14 Å². The quantitative estimate of drug-likeness (QED) is 0.864. The van der Waals surface area contributed by atoms with Crippen molar-refractivity contribution in [3.8, 4) is 0 Å². The molecule has 1 aliphatic carbocycles. The lowest BCUT2D eigenvalue weighted by atomic mass is 10.1. The number of carbonyl (C=O) groups is 1. The molecule has 1 fully saturated rings. The molecule has 1 saturated carbocycles. The zero-order valence-corrected chi connectivity index (χ0v) is 13.5. The van der Waals surface area contributed by atoms with Gasteiger partial charge in [-0.1, -0.05) is 0 Å². The van der Waals surface area contributed by atoms with Crippen LogP contribution in [0.15, 0.2) is 15.4 Å². The third-order valence-electron chi connectivity index (χ3n) is 3.22. The number of benzene rings is 1. The lowest BCUT2D eigenvalue weighted by Crippen LogP contribution is -2.34. The lowest BCUT2D eigenvalue weighted by Gasteiger charge is -2.21. The van der Waals surface area contributed by atoms with Gasteiger partial charge in [0.2, 0.25) is 10.0 Å². The molecular weight excluding hydrogens is 370 g/mol. The number of sulfonamides is 1. The van der Waals surface area contributed by atoms with Crippen LogP contribution in [-0.2, 0) is 10.0 Å². The average Bonchev–Trinajstić information content (AvgIpc) is 3.11. The maximum absolute atomic E-state index is 14.3. The van der Waals surface area contributed by atoms with E-state index in [0.29, 0.717) is 0 Å². The number of hydrogen-bond acceptors (Lipinski definition) is 3. The van der Waals surface area contributed by atoms with Crippen LogP contribution >= 0.6 is 15.9 Å². The van der Waals surface area contributed by atoms with E-state index in [9.17, 15) is 22.0 Å². The van der Waals surface area contributed by atoms with E-state index in [1.165, 1.54) is 4.90 Å². The third-order valence-corrected chi connectivity index (χ3v) is 5.07. The predicted octanol–water partition coefficient (Wildman–Crippen LogP) is 2.00. The summed E-state index contributed by atoms with van der Waals surface area (Å²) < 4.78 is 50.8. The number of carbonyl (C=O) groups excluding carboxylic acids is 1. The molecular formula is C12H13BrF2N2O3S. The number of primary sulfonamides is 1. The normalized spacial score (nSPS) is 15.1. The maximum atomic E-state index is 14.3. The third kappa shape index (κ3) is 3.09. The Morgan fingerprint density at radius 3 is 2.48 bits per heavy atom. The van der Waals surface area contributed by atoms with Crippen molar-refractivity contribution in [1.29, 1.82) is 0 Å². The number of nitrogens with two attached hydrogens (primary N) is 1. The maximum Gasteiger partial charge on any atom is 0.260 e. The van der Waals surface area contributed by atoms with Crippen molar-refractivity contribution < 1.29 is 22.0 Å². The number of hydrogen-bond donors (Lipinski definition) is 1. The Labute approximate surface area is 129 Å². The van der Waals surface area contributed by atoms with Gasteiger partial charge in [-0.2, -0.15) is 0 Å². The number of amides is 1. The van der Waals surface area contributed by atoms with Gasteiger partial charge < -0.3 is 4.90 Å². The van der Waals surface area contributed by atoms with Crippen LogP contribution in [0.5, 0.6) is 0 Å². The smallest absolute Gasteiger partial charge is 0.260 e. The van der Waals surface area contributed by atoms with Gasteiger partial charge >= 0.3 is 0 Å². The predicted molar refractivity (Wildman–Crippen MR) is 75.2 cm³/mol. The topological polar surface area (TPSA) is 80.5 Å². The first-order valence-electron chi connectivity index (χ1n) is 6.19. The fraction of sp³-hybridized carbons (Fsp3) is 0.417. The zero-order valence-electron chi connectivity index (χ0n) is 11.1. The summed E-state index contributed by atoms with van der Waals surface area (Å²) in [7, 11) is -4.43. The highest BCUT2D eigenvalue weighted by Crippen LogP contribution is 2.32. The molecule has 0 atom stereocenters. The minimum absolute atomic E-state index is 0.0529. The van der Waals surface area contributed by atoms with Gasteiger partial charge in [-0.25, -0.2) is 22.3 Å². The Hall–Kier alpha value is -1.06. The Morgan fingerprint density at radius 1 is 1.48 bits per heavy atom. The molecule has 116 valence electrons. The summed E-state index contributed by atoms with van der Waals surface area (Å²) in [4.78, 5) is 12.7. The van der Waals surface area contributed by atoms with Crippen LogP contribution in [0.25, 0.3) is 0 Å². The van der Waals surface area contributed by atoms with E-state index < -0.39 is 38.0 Å². The number of rotatable bonds is 4. The standard InChI is InChI=1S/C12H13BrF2N2O3S/c1-2-17(6-3-4-6)12(18)9-8(14)5-7(13)11(10(9)15)21(16,19)20/h5-6H,2-4H2,1H3,(H2,16,19,20). The second-order valence-electron chi connectivity index (χ2n) is 4.73. The van der Waals surface area contributed by atoms with Gasteiger partial charge in [0.15, 0.2) is 5.82 Å². The number of nitrogens with zero attached hydrogens (tertiary/aromatic N) is 1. The second-order valence-corrected chi connectivity index (χ2v) is 7.08. The van der Waals surface area contributed by atoms with Crippen molar-refractivity contribution in [3.05, 3.63) is 27.7 Å². The van der Waals surface area contributed by atoms with Crippen LogP contribution in [0, 0.1) is 11.6 Å². The van der Waals surface area contributed by atoms with E-state index in [4.69, 9.17) is 5.14 Å². The van der Waals surface area contributed by atoms with Gasteiger partial charge in [-0.05, 0) is 41.8 Å². The molecule has 1 amide bonds. The molecule has 0 unspecified atom stereocenters. The van der Waals surface area contributed by atoms with Crippen LogP contribution in [0.1, 0.15) is 30.1 Å². The van der Waals surface area contributed by atoms with Crippen molar-refractivity contribution >= 4 is 31.9 Å². The molecule has 1 aromatic rings. The molecule has 2 N–H and O–H groups in total. The molecule has 1 aromatic carbocycles. The first kappa shape index (κ1) is 16.3. The fourth-order valence-corrected chi connectivity index (χ4v) is 3.86. The van der Waals surface area contributed by atoms with Crippen molar-refractivity contribution in [2.24, 2.45) is 5.14 Å². The minimum Gasteiger partial charge on any atom is -0.336 e. The van der Waals surface area contributed by atoms with Crippen molar-refractivity contribution in [3.63, 3.8) is 0 Å². The molecule has 9 heteroatoms. The van der Waals surface area contributed by atoms with Gasteiger partial charge in [0.05, 0.1) is 0 Å². The average molecular weight is 383 g/mol. The van der Waals surface area contributed by atoms with Crippen molar-refractivity contribution in [1.82, 2.24) is 4.90 Å². The van der Waals surface area contributed by atoms with E-state index in [1.54, 1.807) is 6.92 Å². The Bertz CT molecular complexity index is 705. The summed E-state index contributed by atoms with van der Waals surface area (Å²) in [6, 6.07) is 0.680. The van der Waals surface area contributed by atoms with Crippen LogP contribution in [-0.4, -0.2) is 31.8 Å². The van der Waals surface area contributed by atoms with Gasteiger partial charge in [0.25, 0.3) is 5.91 Å². The molecule has 0 spiro atoms. The van der Waals surface area contributed by atoms with Crippen molar-refractivity contribution in [2.45, 2.75) is 30.7 Å². The van der Waals surface area contributed by atoms with Gasteiger partial charge in [0.1, 0.15) is 16.3 Å². The van der Waals surface area contributed by atoms with E-state index in [1.807, 2.05) is 0 Å². The highest BCUT2D eigenvalue weighted by atomic mass is 79.9. The van der Waals surface area contributed by atoms with Gasteiger partial charge in [-0.3, -0.25) is 4.79 Å². The molecule has 0 radical (unpaired) electrons. The molecule has 0 saturated heterocycles. The molecule has 2 rings (SSSR count). The SMILES string of the molecule is CCN(C(=O)c1c(F)cc(Br)c(S(N)(=O)=O)c1F)C1CC1. The summed E-state index contributed by atoms with van der Waals surface area (Å²) >= 11 is 2.75. The van der Waals surface area contributed by atoms with Crippen LogP contribution in [0.3, 0.4) is 0 Å². The molecule has 0 aromatic heterocycles. The largest absolute Gasteiger partial charge is 0.336 e.